The lowest BCUT2D eigenvalue weighted by molar-refractivity contribution is -0.139. The molecule has 0 aliphatic rings. The molecule has 0 saturated carbocycles. The number of esters is 1. The average Bonchev–Trinajstić information content (AvgIpc) is 2.18. The van der Waals surface area contributed by atoms with E-state index in [9.17, 15) is 9.59 Å². The zero-order chi connectivity index (χ0) is 13.1. The van der Waals surface area contributed by atoms with Gasteiger partial charge in [0.2, 0.25) is 5.91 Å². The van der Waals surface area contributed by atoms with Crippen LogP contribution in [0.15, 0.2) is 24.3 Å². The zero-order valence-electron chi connectivity index (χ0n) is 10.3. The van der Waals surface area contributed by atoms with Crippen molar-refractivity contribution in [3.8, 4) is 0 Å². The first-order valence-electron chi connectivity index (χ1n) is 5.10. The van der Waals surface area contributed by atoms with E-state index in [2.05, 4.69) is 20.1 Å². The van der Waals surface area contributed by atoms with E-state index in [4.69, 9.17) is 10.5 Å². The number of ether oxygens (including phenoxy) is 1. The third kappa shape index (κ3) is 12.4. The Morgan fingerprint density at radius 1 is 1.19 bits per heavy atom. The quantitative estimate of drug-likeness (QED) is 0.443. The van der Waals surface area contributed by atoms with Crippen LogP contribution in [0.4, 0.5) is 0 Å². The highest BCUT2D eigenvalue weighted by atomic mass is 16.5. The van der Waals surface area contributed by atoms with Gasteiger partial charge in [0.25, 0.3) is 0 Å². The van der Waals surface area contributed by atoms with Gasteiger partial charge >= 0.3 is 5.97 Å². The Kier molecular flexibility index (Phi) is 10.5. The molecular weight excluding hydrogens is 206 g/mol. The molecule has 4 nitrogen and oxygen atoms in total. The van der Waals surface area contributed by atoms with Crippen molar-refractivity contribution in [3.63, 3.8) is 0 Å². The van der Waals surface area contributed by atoms with Crippen molar-refractivity contribution >= 4 is 11.9 Å². The Hall–Kier alpha value is -1.58. The maximum Gasteiger partial charge on any atom is 0.333 e. The number of carbonyl (C=O) groups excluding carboxylic acids is 2. The molecule has 0 fully saturated rings. The van der Waals surface area contributed by atoms with Crippen molar-refractivity contribution in [1.29, 1.82) is 0 Å². The third-order valence-corrected chi connectivity index (χ3v) is 1.50. The Bertz CT molecular complexity index is 257. The summed E-state index contributed by atoms with van der Waals surface area (Å²) in [5.41, 5.74) is 5.56. The number of rotatable bonds is 5. The number of carbonyl (C=O) groups is 2. The van der Waals surface area contributed by atoms with E-state index in [1.165, 1.54) is 0 Å². The molecule has 0 heterocycles. The molecule has 0 aliphatic heterocycles. The molecule has 0 unspecified atom stereocenters. The summed E-state index contributed by atoms with van der Waals surface area (Å²) < 4.78 is 4.81. The molecule has 0 bridgehead atoms. The van der Waals surface area contributed by atoms with Crippen LogP contribution in [0, 0.1) is 0 Å². The van der Waals surface area contributed by atoms with E-state index in [0.29, 0.717) is 17.8 Å². The minimum absolute atomic E-state index is 0.284. The van der Waals surface area contributed by atoms with Crippen LogP contribution in [-0.4, -0.2) is 18.5 Å². The summed E-state index contributed by atoms with van der Waals surface area (Å²) in [4.78, 5) is 20.5. The molecule has 0 rings (SSSR count). The Labute approximate surface area is 97.2 Å². The van der Waals surface area contributed by atoms with Gasteiger partial charge in [0.05, 0.1) is 6.61 Å². The van der Waals surface area contributed by atoms with Crippen molar-refractivity contribution in [2.75, 3.05) is 6.61 Å². The van der Waals surface area contributed by atoms with Gasteiger partial charge in [-0.05, 0) is 20.3 Å². The standard InChI is InChI=1S/C8H14O2.C4H7NO/c1-4-5-6-10-8(9)7(2)3;1-3(2)4(5)6/h2,4-6H2,1,3H3;1H2,2H3,(H2,5,6). The number of amides is 1. The molecular formula is C12H21NO3. The van der Waals surface area contributed by atoms with Crippen molar-refractivity contribution in [3.05, 3.63) is 24.3 Å². The molecule has 4 heteroatoms. The highest BCUT2D eigenvalue weighted by Crippen LogP contribution is 1.94. The predicted molar refractivity (Wildman–Crippen MR) is 64.7 cm³/mol. The molecule has 0 aliphatic carbocycles. The van der Waals surface area contributed by atoms with Crippen LogP contribution in [0.5, 0.6) is 0 Å². The largest absolute Gasteiger partial charge is 0.462 e. The normalized spacial score (nSPS) is 8.44. The van der Waals surface area contributed by atoms with Crippen LogP contribution in [0.3, 0.4) is 0 Å². The molecule has 16 heavy (non-hydrogen) atoms. The van der Waals surface area contributed by atoms with E-state index in [-0.39, 0.29) is 5.97 Å². The second kappa shape index (κ2) is 9.96. The van der Waals surface area contributed by atoms with E-state index < -0.39 is 5.91 Å². The summed E-state index contributed by atoms with van der Waals surface area (Å²) in [5.74, 6) is -0.719. The maximum atomic E-state index is 10.7. The molecule has 2 N–H and O–H groups in total. The van der Waals surface area contributed by atoms with Gasteiger partial charge in [-0.2, -0.15) is 0 Å². The van der Waals surface area contributed by atoms with Crippen molar-refractivity contribution < 1.29 is 14.3 Å². The Balaban J connectivity index is 0. The average molecular weight is 227 g/mol. The highest BCUT2D eigenvalue weighted by Gasteiger charge is 2.00. The first kappa shape index (κ1) is 16.8. The number of hydrogen-bond acceptors (Lipinski definition) is 3. The van der Waals surface area contributed by atoms with Gasteiger partial charge < -0.3 is 10.5 Å². The summed E-state index contributed by atoms with van der Waals surface area (Å²) in [6.07, 6.45) is 1.97. The zero-order valence-corrected chi connectivity index (χ0v) is 10.3. The van der Waals surface area contributed by atoms with Gasteiger partial charge in [0.15, 0.2) is 0 Å². The van der Waals surface area contributed by atoms with Crippen LogP contribution in [-0.2, 0) is 14.3 Å². The Morgan fingerprint density at radius 3 is 1.88 bits per heavy atom. The first-order chi connectivity index (χ1) is 7.32. The number of hydrogen-bond donors (Lipinski definition) is 1. The van der Waals surface area contributed by atoms with Crippen molar-refractivity contribution in [2.45, 2.75) is 33.6 Å². The summed E-state index contributed by atoms with van der Waals surface area (Å²) in [5, 5.41) is 0. The van der Waals surface area contributed by atoms with Crippen LogP contribution in [0.2, 0.25) is 0 Å². The van der Waals surface area contributed by atoms with Gasteiger partial charge in [-0.1, -0.05) is 26.5 Å². The first-order valence-corrected chi connectivity index (χ1v) is 5.10. The maximum absolute atomic E-state index is 10.7. The topological polar surface area (TPSA) is 69.4 Å². The van der Waals surface area contributed by atoms with Crippen molar-refractivity contribution in [1.82, 2.24) is 0 Å². The minimum atomic E-state index is -0.435. The number of primary amides is 1. The lowest BCUT2D eigenvalue weighted by Crippen LogP contribution is -2.10. The molecule has 92 valence electrons. The van der Waals surface area contributed by atoms with Gasteiger partial charge in [-0.15, -0.1) is 0 Å². The highest BCUT2D eigenvalue weighted by molar-refractivity contribution is 5.90. The molecule has 0 saturated heterocycles. The monoisotopic (exact) mass is 227 g/mol. The number of nitrogens with two attached hydrogens (primary N) is 1. The van der Waals surface area contributed by atoms with E-state index >= 15 is 0 Å². The van der Waals surface area contributed by atoms with Crippen molar-refractivity contribution in [2.24, 2.45) is 5.73 Å². The predicted octanol–water partition coefficient (Wildman–Crippen LogP) is 1.95. The minimum Gasteiger partial charge on any atom is -0.462 e. The van der Waals surface area contributed by atoms with Gasteiger partial charge in [0.1, 0.15) is 0 Å². The van der Waals surface area contributed by atoms with Crippen LogP contribution in [0.25, 0.3) is 0 Å². The van der Waals surface area contributed by atoms with Crippen LogP contribution in [0.1, 0.15) is 33.6 Å². The molecule has 0 radical (unpaired) electrons. The van der Waals surface area contributed by atoms with E-state index in [1.807, 2.05) is 0 Å². The fourth-order valence-electron chi connectivity index (χ4n) is 0.432. The lowest BCUT2D eigenvalue weighted by atomic mass is 10.3. The molecule has 0 spiro atoms. The fraction of sp³-hybridized carbons (Fsp3) is 0.500. The molecule has 0 aromatic carbocycles. The molecule has 0 aromatic heterocycles. The number of unbranched alkanes of at least 4 members (excludes halogenated alkanes) is 1. The second-order valence-corrected chi connectivity index (χ2v) is 3.41. The van der Waals surface area contributed by atoms with E-state index in [0.717, 1.165) is 12.8 Å². The van der Waals surface area contributed by atoms with Crippen LogP contribution >= 0.6 is 0 Å². The third-order valence-electron chi connectivity index (χ3n) is 1.50. The summed E-state index contributed by atoms with van der Waals surface area (Å²) >= 11 is 0. The molecule has 1 amide bonds. The SMILES string of the molecule is C=C(C)C(=O)OCCCC.C=C(C)C(N)=O. The van der Waals surface area contributed by atoms with Crippen LogP contribution < -0.4 is 5.73 Å². The summed E-state index contributed by atoms with van der Waals surface area (Å²) in [6.45, 7) is 12.5. The Morgan fingerprint density at radius 2 is 1.62 bits per heavy atom. The summed E-state index contributed by atoms with van der Waals surface area (Å²) in [7, 11) is 0. The van der Waals surface area contributed by atoms with Gasteiger partial charge in [-0.3, -0.25) is 4.79 Å². The second-order valence-electron chi connectivity index (χ2n) is 3.41. The molecule has 0 atom stereocenters. The lowest BCUT2D eigenvalue weighted by Gasteiger charge is -2.01. The van der Waals surface area contributed by atoms with Gasteiger partial charge in [0, 0.05) is 11.1 Å². The molecule has 0 aromatic rings. The fourth-order valence-corrected chi connectivity index (χ4v) is 0.432. The van der Waals surface area contributed by atoms with Gasteiger partial charge in [-0.25, -0.2) is 4.79 Å². The van der Waals surface area contributed by atoms with E-state index in [1.54, 1.807) is 13.8 Å². The smallest absolute Gasteiger partial charge is 0.333 e. The summed E-state index contributed by atoms with van der Waals surface area (Å²) in [6, 6.07) is 0.